The molecule has 0 spiro atoms. The van der Waals surface area contributed by atoms with Crippen LogP contribution in [-0.4, -0.2) is 17.9 Å². The van der Waals surface area contributed by atoms with Gasteiger partial charge in [-0.2, -0.15) is 5.26 Å². The first-order valence-corrected chi connectivity index (χ1v) is 5.85. The van der Waals surface area contributed by atoms with Gasteiger partial charge in [0.25, 0.3) is 0 Å². The van der Waals surface area contributed by atoms with Crippen LogP contribution in [0.15, 0.2) is 42.7 Å². The van der Waals surface area contributed by atoms with Crippen LogP contribution in [0.2, 0.25) is 0 Å². The van der Waals surface area contributed by atoms with E-state index in [9.17, 15) is 14.4 Å². The average Bonchev–Trinajstić information content (AvgIpc) is 2.48. The molecule has 1 unspecified atom stereocenters. The molecule has 0 saturated carbocycles. The number of ether oxygens (including phenoxy) is 1. The molecule has 0 radical (unpaired) electrons. The van der Waals surface area contributed by atoms with E-state index in [1.807, 2.05) is 6.07 Å². The SMILES string of the molecule is COc1cccc(F)c1C(=O)C(C#N)c1cccnc1. The topological polar surface area (TPSA) is 63.0 Å². The maximum Gasteiger partial charge on any atom is 0.191 e. The summed E-state index contributed by atoms with van der Waals surface area (Å²) < 4.78 is 18.9. The van der Waals surface area contributed by atoms with Crippen LogP contribution in [0.25, 0.3) is 0 Å². The van der Waals surface area contributed by atoms with Crippen LogP contribution in [0.5, 0.6) is 5.75 Å². The van der Waals surface area contributed by atoms with Crippen molar-refractivity contribution in [3.8, 4) is 11.8 Å². The number of hydrogen-bond acceptors (Lipinski definition) is 4. The molecule has 0 aliphatic rings. The smallest absolute Gasteiger partial charge is 0.191 e. The van der Waals surface area contributed by atoms with Gasteiger partial charge in [-0.25, -0.2) is 4.39 Å². The zero-order valence-electron chi connectivity index (χ0n) is 10.7. The Balaban J connectivity index is 2.48. The molecule has 100 valence electrons. The van der Waals surface area contributed by atoms with Crippen LogP contribution in [0.3, 0.4) is 0 Å². The van der Waals surface area contributed by atoms with E-state index in [1.165, 1.54) is 31.6 Å². The molecular formula is C15H11FN2O2. The Morgan fingerprint density at radius 2 is 2.20 bits per heavy atom. The summed E-state index contributed by atoms with van der Waals surface area (Å²) in [4.78, 5) is 16.3. The van der Waals surface area contributed by atoms with Crippen LogP contribution >= 0.6 is 0 Å². The van der Waals surface area contributed by atoms with E-state index in [0.29, 0.717) is 5.56 Å². The summed E-state index contributed by atoms with van der Waals surface area (Å²) >= 11 is 0. The Labute approximate surface area is 115 Å². The lowest BCUT2D eigenvalue weighted by Gasteiger charge is -2.12. The standard InChI is InChI=1S/C15H11FN2O2/c1-20-13-6-2-5-12(16)14(13)15(19)11(8-17)10-4-3-7-18-9-10/h2-7,9,11H,1H3. The minimum Gasteiger partial charge on any atom is -0.496 e. The fraction of sp³-hybridized carbons (Fsp3) is 0.133. The maximum absolute atomic E-state index is 13.9. The van der Waals surface area contributed by atoms with Gasteiger partial charge in [-0.05, 0) is 23.8 Å². The van der Waals surface area contributed by atoms with Gasteiger partial charge in [0.1, 0.15) is 17.5 Å². The number of benzene rings is 1. The molecule has 0 fully saturated rings. The molecule has 5 heteroatoms. The number of ketones is 1. The van der Waals surface area contributed by atoms with Crippen molar-refractivity contribution in [1.29, 1.82) is 5.26 Å². The maximum atomic E-state index is 13.9. The van der Waals surface area contributed by atoms with Crippen LogP contribution in [0.1, 0.15) is 21.8 Å². The summed E-state index contributed by atoms with van der Waals surface area (Å²) in [7, 11) is 1.34. The molecule has 0 aliphatic heterocycles. The lowest BCUT2D eigenvalue weighted by atomic mass is 9.92. The first-order valence-electron chi connectivity index (χ1n) is 5.85. The van der Waals surface area contributed by atoms with E-state index in [1.54, 1.807) is 12.1 Å². The highest BCUT2D eigenvalue weighted by Crippen LogP contribution is 2.28. The predicted octanol–water partition coefficient (Wildman–Crippen LogP) is 2.72. The molecule has 1 atom stereocenters. The molecule has 0 aliphatic carbocycles. The largest absolute Gasteiger partial charge is 0.496 e. The van der Waals surface area contributed by atoms with Crippen molar-refractivity contribution in [1.82, 2.24) is 4.98 Å². The number of carbonyl (C=O) groups excluding carboxylic acids is 1. The molecule has 0 bridgehead atoms. The van der Waals surface area contributed by atoms with Crippen LogP contribution in [0, 0.1) is 17.1 Å². The van der Waals surface area contributed by atoms with Gasteiger partial charge in [0.2, 0.25) is 0 Å². The first-order chi connectivity index (χ1) is 9.69. The van der Waals surface area contributed by atoms with Crippen molar-refractivity contribution in [2.24, 2.45) is 0 Å². The summed E-state index contributed by atoms with van der Waals surface area (Å²) in [5.41, 5.74) is 0.204. The molecule has 20 heavy (non-hydrogen) atoms. The molecule has 0 saturated heterocycles. The Morgan fingerprint density at radius 3 is 2.80 bits per heavy atom. The van der Waals surface area contributed by atoms with Gasteiger partial charge in [0.15, 0.2) is 5.78 Å². The zero-order chi connectivity index (χ0) is 14.5. The summed E-state index contributed by atoms with van der Waals surface area (Å²) in [6, 6.07) is 9.18. The van der Waals surface area contributed by atoms with Crippen molar-refractivity contribution in [2.45, 2.75) is 5.92 Å². The highest BCUT2D eigenvalue weighted by Gasteiger charge is 2.27. The van der Waals surface area contributed by atoms with Crippen LogP contribution in [0.4, 0.5) is 4.39 Å². The second-order valence-corrected chi connectivity index (χ2v) is 4.03. The molecule has 2 aromatic rings. The summed E-state index contributed by atoms with van der Waals surface area (Å²) in [6.45, 7) is 0. The summed E-state index contributed by atoms with van der Waals surface area (Å²) in [5.74, 6) is -2.36. The lowest BCUT2D eigenvalue weighted by molar-refractivity contribution is 0.0971. The third-order valence-electron chi connectivity index (χ3n) is 2.85. The number of nitriles is 1. The number of nitrogens with zero attached hydrogens (tertiary/aromatic N) is 2. The molecule has 2 rings (SSSR count). The van der Waals surface area contributed by atoms with Gasteiger partial charge in [-0.15, -0.1) is 0 Å². The number of rotatable bonds is 4. The van der Waals surface area contributed by atoms with Crippen molar-refractivity contribution < 1.29 is 13.9 Å². The van der Waals surface area contributed by atoms with Gasteiger partial charge < -0.3 is 4.74 Å². The normalized spacial score (nSPS) is 11.4. The number of Topliss-reactive ketones (excluding diaryl/α,β-unsaturated/α-hetero) is 1. The van der Waals surface area contributed by atoms with Gasteiger partial charge >= 0.3 is 0 Å². The minimum atomic E-state index is -1.12. The first kappa shape index (κ1) is 13.7. The number of hydrogen-bond donors (Lipinski definition) is 0. The second-order valence-electron chi connectivity index (χ2n) is 4.03. The Kier molecular flexibility index (Phi) is 4.06. The Hall–Kier alpha value is -2.74. The summed E-state index contributed by atoms with van der Waals surface area (Å²) in [5, 5.41) is 9.20. The third-order valence-corrected chi connectivity index (χ3v) is 2.85. The van der Waals surface area contributed by atoms with Gasteiger partial charge in [0.05, 0.1) is 18.7 Å². The van der Waals surface area contributed by atoms with Crippen LogP contribution < -0.4 is 4.74 Å². The minimum absolute atomic E-state index is 0.110. The van der Waals surface area contributed by atoms with Gasteiger partial charge in [0, 0.05) is 12.4 Å². The molecule has 0 N–H and O–H groups in total. The van der Waals surface area contributed by atoms with Crippen molar-refractivity contribution in [3.63, 3.8) is 0 Å². The van der Waals surface area contributed by atoms with E-state index in [2.05, 4.69) is 4.98 Å². The second kappa shape index (κ2) is 5.93. The average molecular weight is 270 g/mol. The number of methoxy groups -OCH3 is 1. The van der Waals surface area contributed by atoms with Gasteiger partial charge in [-0.1, -0.05) is 12.1 Å². The van der Waals surface area contributed by atoms with Gasteiger partial charge in [-0.3, -0.25) is 9.78 Å². The molecule has 1 aromatic heterocycles. The molecule has 1 aromatic carbocycles. The van der Waals surface area contributed by atoms with E-state index in [4.69, 9.17) is 4.74 Å². The van der Waals surface area contributed by atoms with E-state index in [0.717, 1.165) is 6.07 Å². The molecule has 0 amide bonds. The highest BCUT2D eigenvalue weighted by atomic mass is 19.1. The Morgan fingerprint density at radius 1 is 1.40 bits per heavy atom. The van der Waals surface area contributed by atoms with Crippen molar-refractivity contribution in [2.75, 3.05) is 7.11 Å². The zero-order valence-corrected chi connectivity index (χ0v) is 10.7. The van der Waals surface area contributed by atoms with E-state index in [-0.39, 0.29) is 11.3 Å². The number of carbonyl (C=O) groups is 1. The quantitative estimate of drug-likeness (QED) is 0.801. The van der Waals surface area contributed by atoms with Crippen molar-refractivity contribution in [3.05, 3.63) is 59.7 Å². The van der Waals surface area contributed by atoms with Crippen molar-refractivity contribution >= 4 is 5.78 Å². The molecule has 4 nitrogen and oxygen atoms in total. The number of pyridine rings is 1. The number of halogens is 1. The fourth-order valence-corrected chi connectivity index (χ4v) is 1.89. The number of aromatic nitrogens is 1. The monoisotopic (exact) mass is 270 g/mol. The molecule has 1 heterocycles. The van der Waals surface area contributed by atoms with E-state index >= 15 is 0 Å². The lowest BCUT2D eigenvalue weighted by Crippen LogP contribution is -2.14. The van der Waals surface area contributed by atoms with E-state index < -0.39 is 17.5 Å². The molecular weight excluding hydrogens is 259 g/mol. The third kappa shape index (κ3) is 2.50. The fourth-order valence-electron chi connectivity index (χ4n) is 1.89. The highest BCUT2D eigenvalue weighted by molar-refractivity contribution is 6.05. The Bertz CT molecular complexity index is 665. The summed E-state index contributed by atoms with van der Waals surface area (Å²) in [6.07, 6.45) is 2.95. The van der Waals surface area contributed by atoms with Crippen LogP contribution in [-0.2, 0) is 0 Å². The predicted molar refractivity (Wildman–Crippen MR) is 69.9 cm³/mol.